The van der Waals surface area contributed by atoms with Gasteiger partial charge in [0.2, 0.25) is 5.12 Å². The van der Waals surface area contributed by atoms with E-state index < -0.39 is 0 Å². The number of carbonyl (C=O) groups excluding carboxylic acids is 1. The fourth-order valence-corrected chi connectivity index (χ4v) is 0.835. The minimum atomic E-state index is -0.0139. The average molecular weight is 189 g/mol. The van der Waals surface area contributed by atoms with Crippen LogP contribution in [-0.4, -0.2) is 24.5 Å². The summed E-state index contributed by atoms with van der Waals surface area (Å²) in [6.07, 6.45) is 3.19. The normalized spacial score (nSPS) is 11.6. The van der Waals surface area contributed by atoms with Gasteiger partial charge in [0, 0.05) is 6.04 Å². The zero-order valence-corrected chi connectivity index (χ0v) is 8.70. The maximum absolute atomic E-state index is 10.9. The summed E-state index contributed by atoms with van der Waals surface area (Å²) in [5, 5.41) is 2.99. The van der Waals surface area contributed by atoms with Crippen LogP contribution in [0.2, 0.25) is 0 Å². The van der Waals surface area contributed by atoms with Gasteiger partial charge in [0.15, 0.2) is 5.88 Å². The molecule has 3 nitrogen and oxygen atoms in total. The Morgan fingerprint density at radius 3 is 2.50 bits per heavy atom. The van der Waals surface area contributed by atoms with Gasteiger partial charge in [-0.3, -0.25) is 4.79 Å². The fraction of sp³-hybridized carbons (Fsp3) is 0.625. The highest BCUT2D eigenvalue weighted by Gasteiger charge is 2.01. The number of thioether (sulfide) groups is 1. The lowest BCUT2D eigenvalue weighted by molar-refractivity contribution is -0.107. The minimum Gasteiger partial charge on any atom is -0.482 e. The Morgan fingerprint density at radius 2 is 2.17 bits per heavy atom. The topological polar surface area (TPSA) is 38.3 Å². The molecule has 12 heavy (non-hydrogen) atoms. The lowest BCUT2D eigenvalue weighted by Gasteiger charge is -2.11. The van der Waals surface area contributed by atoms with E-state index in [1.807, 2.05) is 13.8 Å². The third kappa shape index (κ3) is 5.07. The molecule has 0 amide bonds. The Balaban J connectivity index is 4.13. The predicted molar refractivity (Wildman–Crippen MR) is 51.9 cm³/mol. The molecular weight excluding hydrogens is 174 g/mol. The number of ether oxygens (including phenoxy) is 1. The molecule has 0 saturated heterocycles. The van der Waals surface area contributed by atoms with Gasteiger partial charge < -0.3 is 10.1 Å². The van der Waals surface area contributed by atoms with E-state index in [1.54, 1.807) is 6.26 Å². The molecule has 0 aromatic carbocycles. The van der Waals surface area contributed by atoms with Crippen molar-refractivity contribution in [3.8, 4) is 0 Å². The van der Waals surface area contributed by atoms with Crippen LogP contribution in [0, 0.1) is 0 Å². The van der Waals surface area contributed by atoms with Gasteiger partial charge in [-0.15, -0.1) is 0 Å². The van der Waals surface area contributed by atoms with E-state index in [9.17, 15) is 4.79 Å². The minimum absolute atomic E-state index is 0.0139. The van der Waals surface area contributed by atoms with Gasteiger partial charge in [0.1, 0.15) is 0 Å². The monoisotopic (exact) mass is 189 g/mol. The van der Waals surface area contributed by atoms with Gasteiger partial charge in [-0.05, 0) is 20.1 Å². The maximum atomic E-state index is 10.9. The highest BCUT2D eigenvalue weighted by molar-refractivity contribution is 8.13. The van der Waals surface area contributed by atoms with Crippen LogP contribution in [0.5, 0.6) is 0 Å². The molecule has 0 heterocycles. The van der Waals surface area contributed by atoms with E-state index in [0.29, 0.717) is 5.88 Å². The molecule has 1 N–H and O–H groups in total. The Bertz CT molecular complexity index is 178. The summed E-state index contributed by atoms with van der Waals surface area (Å²) in [5.41, 5.74) is 0. The smallest absolute Gasteiger partial charge is 0.217 e. The van der Waals surface area contributed by atoms with Crippen molar-refractivity contribution in [1.82, 2.24) is 5.32 Å². The number of nitrogens with one attached hydrogen (secondary N) is 1. The average Bonchev–Trinajstić information content (AvgIpc) is 2.02. The van der Waals surface area contributed by atoms with Gasteiger partial charge in [0.25, 0.3) is 0 Å². The molecule has 0 rings (SSSR count). The Morgan fingerprint density at radius 1 is 1.58 bits per heavy atom. The molecule has 70 valence electrons. The first kappa shape index (κ1) is 11.4. The van der Waals surface area contributed by atoms with Gasteiger partial charge in [0.05, 0.1) is 13.2 Å². The lowest BCUT2D eigenvalue weighted by Crippen LogP contribution is -2.23. The largest absolute Gasteiger partial charge is 0.482 e. The molecule has 0 spiro atoms. The first-order valence-electron chi connectivity index (χ1n) is 3.70. The molecule has 0 aromatic heterocycles. The zero-order chi connectivity index (χ0) is 9.56. The molecule has 0 unspecified atom stereocenters. The standard InChI is InChI=1S/C8H15NO2S/c1-6(2)9-7(11-3)5-8(10)12-4/h5-6,9H,1-4H3/b7-5+. The predicted octanol–water partition coefficient (Wildman–Crippen LogP) is 1.36. The number of hydrogen-bond acceptors (Lipinski definition) is 4. The summed E-state index contributed by atoms with van der Waals surface area (Å²) < 4.78 is 4.95. The van der Waals surface area contributed by atoms with Crippen LogP contribution in [0.15, 0.2) is 12.0 Å². The third-order valence-electron chi connectivity index (χ3n) is 1.10. The second-order valence-electron chi connectivity index (χ2n) is 2.53. The summed E-state index contributed by atoms with van der Waals surface area (Å²) in [6, 6.07) is 0.269. The summed E-state index contributed by atoms with van der Waals surface area (Å²) in [7, 11) is 1.54. The SMILES string of the molecule is CO/C(=C/C(=O)SC)NC(C)C. The summed E-state index contributed by atoms with van der Waals surface area (Å²) in [6.45, 7) is 3.97. The number of methoxy groups -OCH3 is 1. The second-order valence-corrected chi connectivity index (χ2v) is 3.35. The van der Waals surface area contributed by atoms with Crippen molar-refractivity contribution in [3.05, 3.63) is 12.0 Å². The fourth-order valence-electron chi connectivity index (χ4n) is 0.610. The molecule has 4 heteroatoms. The van der Waals surface area contributed by atoms with Gasteiger partial charge in [-0.25, -0.2) is 0 Å². The van der Waals surface area contributed by atoms with Crippen molar-refractivity contribution >= 4 is 16.9 Å². The molecule has 0 aromatic rings. The summed E-state index contributed by atoms with van der Waals surface area (Å²) in [4.78, 5) is 10.9. The highest BCUT2D eigenvalue weighted by Crippen LogP contribution is 2.00. The van der Waals surface area contributed by atoms with Crippen molar-refractivity contribution in [2.45, 2.75) is 19.9 Å². The van der Waals surface area contributed by atoms with Gasteiger partial charge >= 0.3 is 0 Å². The lowest BCUT2D eigenvalue weighted by atomic mass is 10.4. The molecule has 0 atom stereocenters. The third-order valence-corrected chi connectivity index (χ3v) is 1.62. The molecular formula is C8H15NO2S. The van der Waals surface area contributed by atoms with Crippen LogP contribution < -0.4 is 5.32 Å². The van der Waals surface area contributed by atoms with Crippen LogP contribution in [0.25, 0.3) is 0 Å². The number of rotatable bonds is 4. The zero-order valence-electron chi connectivity index (χ0n) is 7.88. The van der Waals surface area contributed by atoms with E-state index in [2.05, 4.69) is 5.32 Å². The molecule has 0 radical (unpaired) electrons. The van der Waals surface area contributed by atoms with Crippen LogP contribution in [0.3, 0.4) is 0 Å². The Hall–Kier alpha value is -0.640. The summed E-state index contributed by atoms with van der Waals surface area (Å²) >= 11 is 1.16. The molecule has 0 fully saturated rings. The van der Waals surface area contributed by atoms with Crippen molar-refractivity contribution in [1.29, 1.82) is 0 Å². The molecule has 0 bridgehead atoms. The molecule has 0 aliphatic carbocycles. The molecule has 0 aliphatic rings. The van der Waals surface area contributed by atoms with Crippen molar-refractivity contribution in [2.24, 2.45) is 0 Å². The second kappa shape index (κ2) is 5.94. The Labute approximate surface area is 77.6 Å². The van der Waals surface area contributed by atoms with Gasteiger partial charge in [-0.2, -0.15) is 0 Å². The van der Waals surface area contributed by atoms with Crippen molar-refractivity contribution in [3.63, 3.8) is 0 Å². The van der Waals surface area contributed by atoms with Crippen molar-refractivity contribution < 1.29 is 9.53 Å². The van der Waals surface area contributed by atoms with E-state index >= 15 is 0 Å². The molecule has 0 aliphatic heterocycles. The van der Waals surface area contributed by atoms with Crippen LogP contribution in [0.1, 0.15) is 13.8 Å². The number of carbonyl (C=O) groups is 1. The maximum Gasteiger partial charge on any atom is 0.217 e. The van der Waals surface area contributed by atoms with E-state index in [0.717, 1.165) is 11.8 Å². The Kier molecular flexibility index (Phi) is 5.62. The van der Waals surface area contributed by atoms with Gasteiger partial charge in [-0.1, -0.05) is 11.8 Å². The van der Waals surface area contributed by atoms with Crippen molar-refractivity contribution in [2.75, 3.05) is 13.4 Å². The van der Waals surface area contributed by atoms with E-state index in [-0.39, 0.29) is 11.2 Å². The van der Waals surface area contributed by atoms with Crippen LogP contribution in [0.4, 0.5) is 0 Å². The first-order chi connectivity index (χ1) is 5.60. The first-order valence-corrected chi connectivity index (χ1v) is 4.92. The van der Waals surface area contributed by atoms with Crippen LogP contribution >= 0.6 is 11.8 Å². The molecule has 0 saturated carbocycles. The highest BCUT2D eigenvalue weighted by atomic mass is 32.2. The number of hydrogen-bond donors (Lipinski definition) is 1. The van der Waals surface area contributed by atoms with E-state index in [1.165, 1.54) is 13.2 Å². The quantitative estimate of drug-likeness (QED) is 0.535. The van der Waals surface area contributed by atoms with Crippen LogP contribution in [-0.2, 0) is 9.53 Å². The summed E-state index contributed by atoms with van der Waals surface area (Å²) in [5.74, 6) is 0.518. The van der Waals surface area contributed by atoms with E-state index in [4.69, 9.17) is 4.74 Å².